The Labute approximate surface area is 175 Å². The first kappa shape index (κ1) is 21.1. The van der Waals surface area contributed by atoms with Crippen LogP contribution in [0.25, 0.3) is 0 Å². The van der Waals surface area contributed by atoms with Crippen LogP contribution in [0.3, 0.4) is 0 Å². The summed E-state index contributed by atoms with van der Waals surface area (Å²) in [7, 11) is 1.48. The van der Waals surface area contributed by atoms with Crippen LogP contribution in [0.15, 0.2) is 54.7 Å². The molecule has 3 aromatic rings. The SMILES string of the molecule is CCc1ccc(Cn2nccc2NC(=O)COc2ccc(C(C)=O)cc2OC)cc1. The zero-order valence-electron chi connectivity index (χ0n) is 17.3. The fourth-order valence-corrected chi connectivity index (χ4v) is 2.95. The second-order valence-electron chi connectivity index (χ2n) is 6.80. The van der Waals surface area contributed by atoms with E-state index in [-0.39, 0.29) is 18.3 Å². The molecule has 1 N–H and O–H groups in total. The Morgan fingerprint density at radius 3 is 2.43 bits per heavy atom. The zero-order valence-corrected chi connectivity index (χ0v) is 17.3. The van der Waals surface area contributed by atoms with E-state index in [1.807, 2.05) is 0 Å². The first-order valence-electron chi connectivity index (χ1n) is 9.71. The predicted octanol–water partition coefficient (Wildman–Crippen LogP) is 3.72. The molecule has 0 aliphatic heterocycles. The van der Waals surface area contributed by atoms with Crippen LogP contribution in [0.4, 0.5) is 5.82 Å². The van der Waals surface area contributed by atoms with Crippen molar-refractivity contribution < 1.29 is 19.1 Å². The van der Waals surface area contributed by atoms with Crippen molar-refractivity contribution in [3.05, 3.63) is 71.4 Å². The first-order chi connectivity index (χ1) is 14.5. The van der Waals surface area contributed by atoms with E-state index in [0.717, 1.165) is 12.0 Å². The van der Waals surface area contributed by atoms with Gasteiger partial charge in [-0.05, 0) is 42.7 Å². The van der Waals surface area contributed by atoms with Crippen LogP contribution >= 0.6 is 0 Å². The number of carbonyl (C=O) groups is 2. The zero-order chi connectivity index (χ0) is 21.5. The smallest absolute Gasteiger partial charge is 0.263 e. The number of ether oxygens (including phenoxy) is 2. The number of amides is 1. The summed E-state index contributed by atoms with van der Waals surface area (Å²) in [4.78, 5) is 23.9. The molecule has 30 heavy (non-hydrogen) atoms. The van der Waals surface area contributed by atoms with Gasteiger partial charge in [0.25, 0.3) is 5.91 Å². The van der Waals surface area contributed by atoms with E-state index in [1.165, 1.54) is 19.6 Å². The molecule has 0 spiro atoms. The molecule has 0 bridgehead atoms. The van der Waals surface area contributed by atoms with Crippen LogP contribution < -0.4 is 14.8 Å². The Hall–Kier alpha value is -3.61. The lowest BCUT2D eigenvalue weighted by Gasteiger charge is -2.12. The maximum absolute atomic E-state index is 12.4. The normalized spacial score (nSPS) is 10.5. The summed E-state index contributed by atoms with van der Waals surface area (Å²) in [6, 6.07) is 14.9. The number of ketones is 1. The second kappa shape index (κ2) is 9.73. The van der Waals surface area contributed by atoms with Gasteiger partial charge in [0.1, 0.15) is 5.82 Å². The van der Waals surface area contributed by atoms with Crippen molar-refractivity contribution in [2.75, 3.05) is 19.0 Å². The first-order valence-corrected chi connectivity index (χ1v) is 9.71. The molecule has 0 saturated heterocycles. The summed E-state index contributed by atoms with van der Waals surface area (Å²) in [6.07, 6.45) is 2.63. The lowest BCUT2D eigenvalue weighted by Crippen LogP contribution is -2.22. The van der Waals surface area contributed by atoms with E-state index in [1.54, 1.807) is 35.1 Å². The number of nitrogens with one attached hydrogen (secondary N) is 1. The van der Waals surface area contributed by atoms with Gasteiger partial charge in [0.2, 0.25) is 0 Å². The lowest BCUT2D eigenvalue weighted by atomic mass is 10.1. The molecule has 7 nitrogen and oxygen atoms in total. The number of rotatable bonds is 9. The van der Waals surface area contributed by atoms with Gasteiger partial charge in [0, 0.05) is 11.6 Å². The molecule has 1 heterocycles. The number of nitrogens with zero attached hydrogens (tertiary/aromatic N) is 2. The van der Waals surface area contributed by atoms with Crippen LogP contribution in [0.5, 0.6) is 11.5 Å². The standard InChI is InChI=1S/C23H25N3O4/c1-4-17-5-7-18(8-6-17)14-26-22(11-12-24-26)25-23(28)15-30-20-10-9-19(16(2)27)13-21(20)29-3/h5-13H,4,14-15H2,1-3H3,(H,25,28). The molecule has 0 aliphatic carbocycles. The van der Waals surface area contributed by atoms with Crippen LogP contribution in [0.2, 0.25) is 0 Å². The predicted molar refractivity (Wildman–Crippen MR) is 114 cm³/mol. The molecule has 0 saturated carbocycles. The third-order valence-electron chi connectivity index (χ3n) is 4.68. The number of carbonyl (C=O) groups excluding carboxylic acids is 2. The van der Waals surface area contributed by atoms with Crippen molar-refractivity contribution in [1.29, 1.82) is 0 Å². The van der Waals surface area contributed by atoms with Gasteiger partial charge in [-0.25, -0.2) is 4.68 Å². The van der Waals surface area contributed by atoms with Gasteiger partial charge in [0.15, 0.2) is 23.9 Å². The molecular weight excluding hydrogens is 382 g/mol. The number of Topliss-reactive ketones (excluding diaryl/α,β-unsaturated/α-hetero) is 1. The summed E-state index contributed by atoms with van der Waals surface area (Å²) < 4.78 is 12.6. The molecule has 0 radical (unpaired) electrons. The van der Waals surface area contributed by atoms with Gasteiger partial charge >= 0.3 is 0 Å². The van der Waals surface area contributed by atoms with E-state index in [2.05, 4.69) is 41.6 Å². The molecule has 7 heteroatoms. The highest BCUT2D eigenvalue weighted by Gasteiger charge is 2.12. The van der Waals surface area contributed by atoms with Gasteiger partial charge in [-0.1, -0.05) is 31.2 Å². The molecule has 3 rings (SSSR count). The minimum absolute atomic E-state index is 0.0739. The topological polar surface area (TPSA) is 82.5 Å². The number of aryl methyl sites for hydroxylation is 1. The average Bonchev–Trinajstić information content (AvgIpc) is 3.18. The number of hydrogen-bond donors (Lipinski definition) is 1. The average molecular weight is 407 g/mol. The molecular formula is C23H25N3O4. The van der Waals surface area contributed by atoms with E-state index in [9.17, 15) is 9.59 Å². The third kappa shape index (κ3) is 5.26. The van der Waals surface area contributed by atoms with Gasteiger partial charge in [0.05, 0.1) is 19.9 Å². The van der Waals surface area contributed by atoms with Crippen molar-refractivity contribution in [2.24, 2.45) is 0 Å². The fraction of sp³-hybridized carbons (Fsp3) is 0.261. The Morgan fingerprint density at radius 2 is 1.77 bits per heavy atom. The third-order valence-corrected chi connectivity index (χ3v) is 4.68. The minimum Gasteiger partial charge on any atom is -0.493 e. The summed E-state index contributed by atoms with van der Waals surface area (Å²) in [6.45, 7) is 3.94. The molecule has 156 valence electrons. The minimum atomic E-state index is -0.323. The number of hydrogen-bond acceptors (Lipinski definition) is 5. The van der Waals surface area contributed by atoms with Gasteiger partial charge < -0.3 is 14.8 Å². The van der Waals surface area contributed by atoms with Gasteiger partial charge in [-0.15, -0.1) is 0 Å². The Balaban J connectivity index is 1.61. The fourth-order valence-electron chi connectivity index (χ4n) is 2.95. The van der Waals surface area contributed by atoms with E-state index in [0.29, 0.717) is 29.4 Å². The van der Waals surface area contributed by atoms with E-state index >= 15 is 0 Å². The quantitative estimate of drug-likeness (QED) is 0.547. The van der Waals surface area contributed by atoms with Gasteiger partial charge in [-0.2, -0.15) is 5.10 Å². The highest BCUT2D eigenvalue weighted by atomic mass is 16.5. The highest BCUT2D eigenvalue weighted by Crippen LogP contribution is 2.28. The van der Waals surface area contributed by atoms with Crippen molar-refractivity contribution in [3.63, 3.8) is 0 Å². The molecule has 1 aromatic heterocycles. The molecule has 0 aliphatic rings. The van der Waals surface area contributed by atoms with Gasteiger partial charge in [-0.3, -0.25) is 9.59 Å². The maximum atomic E-state index is 12.4. The van der Waals surface area contributed by atoms with Crippen LogP contribution in [-0.4, -0.2) is 35.2 Å². The Kier molecular flexibility index (Phi) is 6.85. The molecule has 0 atom stereocenters. The summed E-state index contributed by atoms with van der Waals surface area (Å²) in [5, 5.41) is 7.10. The number of anilines is 1. The summed E-state index contributed by atoms with van der Waals surface area (Å²) in [5.41, 5.74) is 2.88. The van der Waals surface area contributed by atoms with Crippen molar-refractivity contribution in [2.45, 2.75) is 26.8 Å². The largest absolute Gasteiger partial charge is 0.493 e. The summed E-state index contributed by atoms with van der Waals surface area (Å²) in [5.74, 6) is 0.978. The maximum Gasteiger partial charge on any atom is 0.263 e. The highest BCUT2D eigenvalue weighted by molar-refractivity contribution is 5.94. The molecule has 1 amide bonds. The second-order valence-corrected chi connectivity index (χ2v) is 6.80. The number of benzene rings is 2. The summed E-state index contributed by atoms with van der Waals surface area (Å²) >= 11 is 0. The molecule has 0 fully saturated rings. The van der Waals surface area contributed by atoms with Crippen molar-refractivity contribution in [1.82, 2.24) is 9.78 Å². The van der Waals surface area contributed by atoms with Crippen LogP contribution in [-0.2, 0) is 17.8 Å². The molecule has 2 aromatic carbocycles. The van der Waals surface area contributed by atoms with E-state index < -0.39 is 0 Å². The number of aromatic nitrogens is 2. The van der Waals surface area contributed by atoms with Crippen LogP contribution in [0, 0.1) is 0 Å². The monoisotopic (exact) mass is 407 g/mol. The van der Waals surface area contributed by atoms with E-state index in [4.69, 9.17) is 9.47 Å². The lowest BCUT2D eigenvalue weighted by molar-refractivity contribution is -0.118. The Morgan fingerprint density at radius 1 is 1.03 bits per heavy atom. The number of methoxy groups -OCH3 is 1. The van der Waals surface area contributed by atoms with Crippen molar-refractivity contribution >= 4 is 17.5 Å². The Bertz CT molecular complexity index is 1030. The molecule has 0 unspecified atom stereocenters. The van der Waals surface area contributed by atoms with Crippen LogP contribution in [0.1, 0.15) is 35.3 Å². The van der Waals surface area contributed by atoms with Crippen molar-refractivity contribution in [3.8, 4) is 11.5 Å².